The predicted octanol–water partition coefficient (Wildman–Crippen LogP) is 3.98. The molecule has 0 spiro atoms. The van der Waals surface area contributed by atoms with Crippen molar-refractivity contribution in [2.24, 2.45) is 0 Å². The highest BCUT2D eigenvalue weighted by molar-refractivity contribution is 7.99. The van der Waals surface area contributed by atoms with Gasteiger partial charge in [0.2, 0.25) is 0 Å². The molecule has 0 saturated carbocycles. The highest BCUT2D eigenvalue weighted by Gasteiger charge is 2.24. The van der Waals surface area contributed by atoms with E-state index in [-0.39, 0.29) is 23.4 Å². The van der Waals surface area contributed by atoms with E-state index in [1.165, 1.54) is 0 Å². The first-order valence-electron chi connectivity index (χ1n) is 4.16. The van der Waals surface area contributed by atoms with Gasteiger partial charge < -0.3 is 0 Å². The Hall–Kier alpha value is -0.680. The molecule has 0 N–H and O–H groups in total. The van der Waals surface area contributed by atoms with Crippen molar-refractivity contribution in [3.8, 4) is 0 Å². The minimum Gasteiger partial charge on any atom is -0.293 e. The fourth-order valence-electron chi connectivity index (χ4n) is 0.701. The molecule has 0 saturated heterocycles. The van der Waals surface area contributed by atoms with E-state index < -0.39 is 5.51 Å². The third-order valence-electron chi connectivity index (χ3n) is 1.45. The number of hydrogen-bond donors (Lipinski definition) is 0. The largest absolute Gasteiger partial charge is 0.441 e. The Kier molecular flexibility index (Phi) is 7.25. The van der Waals surface area contributed by atoms with E-state index >= 15 is 0 Å². The smallest absolute Gasteiger partial charge is 0.293 e. The lowest BCUT2D eigenvalue weighted by molar-refractivity contribution is -0.0323. The first kappa shape index (κ1) is 15.3. The number of Topliss-reactive ketones (excluding diaryl/α,β-unsaturated/α-hetero) is 1. The molecule has 1 aromatic carbocycles. The first-order chi connectivity index (χ1) is 7.40. The summed E-state index contributed by atoms with van der Waals surface area (Å²) in [6.45, 7) is 0. The van der Waals surface area contributed by atoms with Crippen molar-refractivity contribution < 1.29 is 18.0 Å². The maximum absolute atomic E-state index is 10.9. The lowest BCUT2D eigenvalue weighted by Crippen LogP contribution is -1.98. The number of carbonyl (C=O) groups excluding carboxylic acids is 1. The highest BCUT2D eigenvalue weighted by atomic mass is 35.5. The Bertz CT molecular complexity index is 314. The van der Waals surface area contributed by atoms with Crippen molar-refractivity contribution in [3.05, 3.63) is 35.9 Å². The number of alkyl halides is 4. The van der Waals surface area contributed by atoms with Gasteiger partial charge >= 0.3 is 5.51 Å². The summed E-state index contributed by atoms with van der Waals surface area (Å²) in [6.07, 6.45) is 1.00. The molecule has 0 aromatic heterocycles. The highest BCUT2D eigenvalue weighted by Crippen LogP contribution is 2.26. The molecule has 6 heteroatoms. The number of thioether (sulfide) groups is 1. The van der Waals surface area contributed by atoms with Crippen LogP contribution in [0.15, 0.2) is 30.3 Å². The van der Waals surface area contributed by atoms with Crippen LogP contribution in [0.2, 0.25) is 0 Å². The Labute approximate surface area is 101 Å². The van der Waals surface area contributed by atoms with Crippen LogP contribution in [-0.2, 0) is 0 Å². The van der Waals surface area contributed by atoms with Gasteiger partial charge in [-0.05, 0) is 6.26 Å². The summed E-state index contributed by atoms with van der Waals surface area (Å²) < 4.78 is 32.2. The number of benzene rings is 1. The van der Waals surface area contributed by atoms with Gasteiger partial charge in [0.25, 0.3) is 0 Å². The van der Waals surface area contributed by atoms with E-state index in [1.54, 1.807) is 12.1 Å². The topological polar surface area (TPSA) is 17.1 Å². The molecule has 0 aliphatic rings. The molecule has 16 heavy (non-hydrogen) atoms. The summed E-state index contributed by atoms with van der Waals surface area (Å²) in [4.78, 5) is 10.9. The number of halogens is 4. The Morgan fingerprint density at radius 1 is 1.31 bits per heavy atom. The van der Waals surface area contributed by atoms with Gasteiger partial charge in [0, 0.05) is 5.56 Å². The number of ketones is 1. The van der Waals surface area contributed by atoms with Gasteiger partial charge in [-0.3, -0.25) is 4.79 Å². The van der Waals surface area contributed by atoms with Gasteiger partial charge in [0.15, 0.2) is 5.78 Å². The maximum Gasteiger partial charge on any atom is 0.441 e. The van der Waals surface area contributed by atoms with E-state index in [9.17, 15) is 18.0 Å². The third kappa shape index (κ3) is 7.59. The van der Waals surface area contributed by atoms with E-state index in [0.29, 0.717) is 5.56 Å². The minimum absolute atomic E-state index is 0.0257. The molecule has 0 radical (unpaired) electrons. The molecule has 0 aliphatic carbocycles. The van der Waals surface area contributed by atoms with Gasteiger partial charge in [-0.15, -0.1) is 11.6 Å². The average molecular weight is 271 g/mol. The van der Waals surface area contributed by atoms with Crippen LogP contribution in [0, 0.1) is 0 Å². The van der Waals surface area contributed by atoms with Crippen LogP contribution in [0.3, 0.4) is 0 Å². The Balaban J connectivity index is 0.000000325. The number of hydrogen-bond acceptors (Lipinski definition) is 2. The van der Waals surface area contributed by atoms with Crippen LogP contribution in [0.5, 0.6) is 0 Å². The fraction of sp³-hybridized carbons (Fsp3) is 0.300. The van der Waals surface area contributed by atoms with Crippen molar-refractivity contribution in [1.82, 2.24) is 0 Å². The molecule has 0 atom stereocenters. The van der Waals surface area contributed by atoms with Gasteiger partial charge in [0.05, 0.1) is 5.88 Å². The first-order valence-corrected chi connectivity index (χ1v) is 5.92. The van der Waals surface area contributed by atoms with Gasteiger partial charge in [0.1, 0.15) is 0 Å². The molecule has 0 fully saturated rings. The summed E-state index contributed by atoms with van der Waals surface area (Å²) in [5.74, 6) is 0.0339. The van der Waals surface area contributed by atoms with Gasteiger partial charge in [-0.25, -0.2) is 0 Å². The zero-order valence-electron chi connectivity index (χ0n) is 8.42. The third-order valence-corrected chi connectivity index (χ3v) is 2.15. The molecule has 1 nitrogen and oxygen atoms in total. The molecule has 90 valence electrons. The maximum atomic E-state index is 10.9. The number of rotatable bonds is 2. The SMILES string of the molecule is CSC(F)(F)F.O=C(CCl)c1ccccc1. The minimum atomic E-state index is -4.04. The molecule has 0 unspecified atom stereocenters. The van der Waals surface area contributed by atoms with E-state index in [0.717, 1.165) is 6.26 Å². The molecule has 0 bridgehead atoms. The van der Waals surface area contributed by atoms with Crippen molar-refractivity contribution >= 4 is 29.1 Å². The fourth-order valence-corrected chi connectivity index (χ4v) is 0.856. The lowest BCUT2D eigenvalue weighted by Gasteiger charge is -1.95. The van der Waals surface area contributed by atoms with Crippen LogP contribution in [-0.4, -0.2) is 23.4 Å². The van der Waals surface area contributed by atoms with Crippen LogP contribution >= 0.6 is 23.4 Å². The summed E-state index contributed by atoms with van der Waals surface area (Å²) >= 11 is 5.22. The molecule has 1 aromatic rings. The summed E-state index contributed by atoms with van der Waals surface area (Å²) in [7, 11) is 0. The Morgan fingerprint density at radius 2 is 1.75 bits per heavy atom. The van der Waals surface area contributed by atoms with Crippen LogP contribution < -0.4 is 0 Å². The lowest BCUT2D eigenvalue weighted by atomic mass is 10.2. The molecule has 0 amide bonds. The molecule has 1 rings (SSSR count). The zero-order valence-corrected chi connectivity index (χ0v) is 9.99. The van der Waals surface area contributed by atoms with Gasteiger partial charge in [-0.2, -0.15) is 13.2 Å². The van der Waals surface area contributed by atoms with Crippen LogP contribution in [0.25, 0.3) is 0 Å². The quantitative estimate of drug-likeness (QED) is 0.597. The monoisotopic (exact) mass is 270 g/mol. The normalized spacial score (nSPS) is 10.3. The molecular formula is C10H10ClF3OS. The van der Waals surface area contributed by atoms with Crippen molar-refractivity contribution in [1.29, 1.82) is 0 Å². The summed E-state index contributed by atoms with van der Waals surface area (Å²) in [6, 6.07) is 9.01. The zero-order chi connectivity index (χ0) is 12.6. The van der Waals surface area contributed by atoms with E-state index in [2.05, 4.69) is 0 Å². The second-order valence-corrected chi connectivity index (χ2v) is 3.71. The van der Waals surface area contributed by atoms with Crippen LogP contribution in [0.1, 0.15) is 10.4 Å². The van der Waals surface area contributed by atoms with Crippen LogP contribution in [0.4, 0.5) is 13.2 Å². The average Bonchev–Trinajstić information content (AvgIpc) is 2.29. The summed E-state index contributed by atoms with van der Waals surface area (Å²) in [5, 5.41) is 0. The molecule has 0 heterocycles. The number of carbonyl (C=O) groups is 1. The van der Waals surface area contributed by atoms with Crippen molar-refractivity contribution in [2.75, 3.05) is 12.1 Å². The molecular weight excluding hydrogens is 261 g/mol. The standard InChI is InChI=1S/C8H7ClO.C2H3F3S/c9-6-8(10)7-4-2-1-3-5-7;1-6-2(3,4)5/h1-5H,6H2;1H3. The Morgan fingerprint density at radius 3 is 2.06 bits per heavy atom. The predicted molar refractivity (Wildman–Crippen MR) is 61.1 cm³/mol. The second kappa shape index (κ2) is 7.57. The van der Waals surface area contributed by atoms with Crippen molar-refractivity contribution in [3.63, 3.8) is 0 Å². The molecule has 0 aliphatic heterocycles. The van der Waals surface area contributed by atoms with Gasteiger partial charge in [-0.1, -0.05) is 42.1 Å². The summed E-state index contributed by atoms with van der Waals surface area (Å²) in [5.41, 5.74) is -3.36. The van der Waals surface area contributed by atoms with Crippen molar-refractivity contribution in [2.45, 2.75) is 5.51 Å². The van der Waals surface area contributed by atoms with E-state index in [4.69, 9.17) is 11.6 Å². The second-order valence-electron chi connectivity index (χ2n) is 2.57. The van der Waals surface area contributed by atoms with E-state index in [1.807, 2.05) is 18.2 Å².